The molecule has 0 fully saturated rings. The van der Waals surface area contributed by atoms with Crippen LogP contribution in [-0.2, 0) is 9.59 Å². The van der Waals surface area contributed by atoms with Crippen molar-refractivity contribution in [3.05, 3.63) is 22.4 Å². The fraction of sp³-hybridized carbons (Fsp3) is 0.364. The first-order chi connectivity index (χ1) is 8.97. The number of hydrazine groups is 1. The molecule has 0 spiro atoms. The first kappa shape index (κ1) is 15.1. The minimum Gasteiger partial charge on any atom is -0.481 e. The Morgan fingerprint density at radius 1 is 1.42 bits per heavy atom. The number of hydrogen-bond donors (Lipinski definition) is 3. The fourth-order valence-electron chi connectivity index (χ4n) is 1.54. The number of carboxylic acids is 2. The second-order valence-corrected chi connectivity index (χ2v) is 4.61. The lowest BCUT2D eigenvalue weighted by Gasteiger charge is -2.27. The molecule has 1 rings (SSSR count). The van der Waals surface area contributed by atoms with Gasteiger partial charge < -0.3 is 10.2 Å². The Hall–Kier alpha value is -1.93. The molecule has 0 saturated carbocycles. The summed E-state index contributed by atoms with van der Waals surface area (Å²) in [6.45, 7) is 0. The first-order valence-electron chi connectivity index (χ1n) is 5.46. The van der Waals surface area contributed by atoms with Crippen molar-refractivity contribution in [1.29, 1.82) is 0 Å². The molecule has 8 heteroatoms. The van der Waals surface area contributed by atoms with Crippen LogP contribution in [0, 0.1) is 0 Å². The number of nitrogens with zero attached hydrogens (tertiary/aromatic N) is 1. The number of rotatable bonds is 7. The highest BCUT2D eigenvalue weighted by molar-refractivity contribution is 7.12. The molecule has 104 valence electrons. The molecule has 1 aromatic rings. The zero-order valence-electron chi connectivity index (χ0n) is 10.2. The second-order valence-electron chi connectivity index (χ2n) is 3.66. The predicted octanol–water partition coefficient (Wildman–Crippen LogP) is 0.643. The Balaban J connectivity index is 2.87. The van der Waals surface area contributed by atoms with Gasteiger partial charge in [-0.1, -0.05) is 6.07 Å². The molecule has 0 aliphatic carbocycles. The van der Waals surface area contributed by atoms with Crippen LogP contribution in [0.4, 0.5) is 0 Å². The highest BCUT2D eigenvalue weighted by atomic mass is 32.1. The van der Waals surface area contributed by atoms with Crippen LogP contribution in [0.5, 0.6) is 0 Å². The summed E-state index contributed by atoms with van der Waals surface area (Å²) < 4.78 is 0. The normalized spacial score (nSPS) is 11.8. The van der Waals surface area contributed by atoms with Gasteiger partial charge in [0.2, 0.25) is 0 Å². The topological polar surface area (TPSA) is 107 Å². The second kappa shape index (κ2) is 6.86. The lowest BCUT2D eigenvalue weighted by atomic mass is 10.1. The zero-order chi connectivity index (χ0) is 14.4. The van der Waals surface area contributed by atoms with Crippen LogP contribution in [0.25, 0.3) is 0 Å². The van der Waals surface area contributed by atoms with Gasteiger partial charge in [0.1, 0.15) is 6.04 Å². The number of hydrogen-bond acceptors (Lipinski definition) is 5. The molecule has 0 aromatic carbocycles. The van der Waals surface area contributed by atoms with E-state index < -0.39 is 23.9 Å². The van der Waals surface area contributed by atoms with E-state index in [9.17, 15) is 14.4 Å². The van der Waals surface area contributed by atoms with Gasteiger partial charge in [-0.3, -0.25) is 14.6 Å². The number of aliphatic carboxylic acids is 2. The standard InChI is InChI=1S/C11H14N2O5S/c1-12-13(10(16)8-3-2-6-19-8)7(11(17)18)4-5-9(14)15/h2-3,6-7,12H,4-5H2,1H3,(H,14,15)(H,17,18)/t7-/m0/s1. The maximum atomic E-state index is 12.1. The largest absolute Gasteiger partial charge is 0.481 e. The van der Waals surface area contributed by atoms with Crippen LogP contribution in [-0.4, -0.2) is 46.2 Å². The van der Waals surface area contributed by atoms with Gasteiger partial charge in [-0.05, 0) is 17.9 Å². The molecule has 0 aliphatic heterocycles. The third-order valence-corrected chi connectivity index (χ3v) is 3.28. The van der Waals surface area contributed by atoms with E-state index in [1.807, 2.05) is 0 Å². The van der Waals surface area contributed by atoms with Crippen molar-refractivity contribution in [2.75, 3.05) is 7.05 Å². The van der Waals surface area contributed by atoms with Crippen LogP contribution >= 0.6 is 11.3 Å². The molecular weight excluding hydrogens is 272 g/mol. The van der Waals surface area contributed by atoms with Crippen molar-refractivity contribution in [1.82, 2.24) is 10.4 Å². The van der Waals surface area contributed by atoms with Gasteiger partial charge in [0.15, 0.2) is 0 Å². The number of nitrogens with one attached hydrogen (secondary N) is 1. The van der Waals surface area contributed by atoms with E-state index in [1.54, 1.807) is 17.5 Å². The van der Waals surface area contributed by atoms with Gasteiger partial charge in [0.05, 0.1) is 4.88 Å². The molecule has 0 saturated heterocycles. The molecule has 19 heavy (non-hydrogen) atoms. The van der Waals surface area contributed by atoms with Gasteiger partial charge in [-0.2, -0.15) is 0 Å². The van der Waals surface area contributed by atoms with E-state index >= 15 is 0 Å². The Bertz CT molecular complexity index is 460. The van der Waals surface area contributed by atoms with E-state index in [0.717, 1.165) is 5.01 Å². The number of amides is 1. The Kier molecular flexibility index (Phi) is 5.46. The smallest absolute Gasteiger partial charge is 0.328 e. The van der Waals surface area contributed by atoms with E-state index in [-0.39, 0.29) is 12.8 Å². The quantitative estimate of drug-likeness (QED) is 0.635. The molecule has 0 unspecified atom stereocenters. The molecule has 1 aromatic heterocycles. The monoisotopic (exact) mass is 286 g/mol. The van der Waals surface area contributed by atoms with Crippen LogP contribution < -0.4 is 5.43 Å². The number of carbonyl (C=O) groups is 3. The Morgan fingerprint density at radius 3 is 2.53 bits per heavy atom. The molecule has 1 amide bonds. The SMILES string of the molecule is CNN(C(=O)c1cccs1)[C@@H](CCC(=O)O)C(=O)O. The molecule has 0 aliphatic rings. The van der Waals surface area contributed by atoms with Crippen molar-refractivity contribution in [3.63, 3.8) is 0 Å². The van der Waals surface area contributed by atoms with Crippen molar-refractivity contribution in [2.45, 2.75) is 18.9 Å². The summed E-state index contributed by atoms with van der Waals surface area (Å²) in [6.07, 6.45) is -0.491. The van der Waals surface area contributed by atoms with Crippen LogP contribution in [0.3, 0.4) is 0 Å². The molecule has 3 N–H and O–H groups in total. The third-order valence-electron chi connectivity index (χ3n) is 2.42. The average Bonchev–Trinajstić information content (AvgIpc) is 2.86. The molecule has 1 atom stereocenters. The molecule has 0 bridgehead atoms. The fourth-order valence-corrected chi connectivity index (χ4v) is 2.20. The summed E-state index contributed by atoms with van der Waals surface area (Å²) in [7, 11) is 1.42. The van der Waals surface area contributed by atoms with Crippen LogP contribution in [0.2, 0.25) is 0 Å². The van der Waals surface area contributed by atoms with Crippen LogP contribution in [0.15, 0.2) is 17.5 Å². The number of thiophene rings is 1. The summed E-state index contributed by atoms with van der Waals surface area (Å²) in [5.41, 5.74) is 2.51. The molecular formula is C11H14N2O5S. The van der Waals surface area contributed by atoms with Crippen molar-refractivity contribution >= 4 is 29.2 Å². The highest BCUT2D eigenvalue weighted by Crippen LogP contribution is 2.15. The van der Waals surface area contributed by atoms with Crippen LogP contribution in [0.1, 0.15) is 22.5 Å². The van der Waals surface area contributed by atoms with Gasteiger partial charge in [-0.25, -0.2) is 10.2 Å². The molecule has 7 nitrogen and oxygen atoms in total. The van der Waals surface area contributed by atoms with Gasteiger partial charge in [0, 0.05) is 13.5 Å². The minimum absolute atomic E-state index is 0.164. The van der Waals surface area contributed by atoms with E-state index in [0.29, 0.717) is 4.88 Å². The highest BCUT2D eigenvalue weighted by Gasteiger charge is 2.30. The van der Waals surface area contributed by atoms with Crippen molar-refractivity contribution < 1.29 is 24.6 Å². The summed E-state index contributed by atoms with van der Waals surface area (Å²) in [5.74, 6) is -2.85. The summed E-state index contributed by atoms with van der Waals surface area (Å²) in [6, 6.07) is 2.03. The van der Waals surface area contributed by atoms with Gasteiger partial charge in [-0.15, -0.1) is 11.3 Å². The lowest BCUT2D eigenvalue weighted by molar-refractivity contribution is -0.144. The Morgan fingerprint density at radius 2 is 2.11 bits per heavy atom. The lowest BCUT2D eigenvalue weighted by Crippen LogP contribution is -2.51. The third kappa shape index (κ3) is 4.04. The van der Waals surface area contributed by atoms with Crippen molar-refractivity contribution in [2.24, 2.45) is 0 Å². The van der Waals surface area contributed by atoms with E-state index in [2.05, 4.69) is 5.43 Å². The van der Waals surface area contributed by atoms with Gasteiger partial charge >= 0.3 is 11.9 Å². The maximum Gasteiger partial charge on any atom is 0.328 e. The predicted molar refractivity (Wildman–Crippen MR) is 67.8 cm³/mol. The average molecular weight is 286 g/mol. The summed E-state index contributed by atoms with van der Waals surface area (Å²) >= 11 is 1.19. The van der Waals surface area contributed by atoms with Crippen molar-refractivity contribution in [3.8, 4) is 0 Å². The first-order valence-corrected chi connectivity index (χ1v) is 6.34. The minimum atomic E-state index is -1.25. The Labute approximate surface area is 113 Å². The molecule has 1 heterocycles. The maximum absolute atomic E-state index is 12.1. The zero-order valence-corrected chi connectivity index (χ0v) is 11.0. The summed E-state index contributed by atoms with van der Waals surface area (Å²) in [4.78, 5) is 34.2. The summed E-state index contributed by atoms with van der Waals surface area (Å²) in [5, 5.41) is 20.4. The number of carboxylic acid groups (broad SMARTS) is 2. The molecule has 0 radical (unpaired) electrons. The van der Waals surface area contributed by atoms with Gasteiger partial charge in [0.25, 0.3) is 5.91 Å². The van der Waals surface area contributed by atoms with E-state index in [4.69, 9.17) is 10.2 Å². The van der Waals surface area contributed by atoms with E-state index in [1.165, 1.54) is 18.4 Å². The number of carbonyl (C=O) groups excluding carboxylic acids is 1.